The highest BCUT2D eigenvalue weighted by atomic mass is 32.2. The number of likely N-dealkylation sites (tertiary alicyclic amines) is 1. The second-order valence-corrected chi connectivity index (χ2v) is 6.58. The summed E-state index contributed by atoms with van der Waals surface area (Å²) in [6.07, 6.45) is 8.36. The highest BCUT2D eigenvalue weighted by Gasteiger charge is 2.20. The lowest BCUT2D eigenvalue weighted by Crippen LogP contribution is -2.41. The second-order valence-electron chi connectivity index (χ2n) is 5.81. The highest BCUT2D eigenvalue weighted by molar-refractivity contribution is 7.98. The summed E-state index contributed by atoms with van der Waals surface area (Å²) in [5.41, 5.74) is 1.17. The molecule has 0 aliphatic carbocycles. The van der Waals surface area contributed by atoms with E-state index in [-0.39, 0.29) is 6.61 Å². The molecule has 1 aliphatic rings. The smallest absolute Gasteiger partial charge is 0.187 e. The van der Waals surface area contributed by atoms with Crippen molar-refractivity contribution in [1.29, 1.82) is 0 Å². The van der Waals surface area contributed by atoms with Crippen molar-refractivity contribution in [2.75, 3.05) is 46.1 Å². The van der Waals surface area contributed by atoms with Crippen molar-refractivity contribution in [2.24, 2.45) is 5.92 Å². The second kappa shape index (κ2) is 8.68. The maximum Gasteiger partial charge on any atom is 0.187 e. The number of aliphatic hydroxyl groups is 1. The summed E-state index contributed by atoms with van der Waals surface area (Å²) in [5.74, 6) is 0.696. The Labute approximate surface area is 131 Å². The minimum atomic E-state index is 0.266. The number of hydrogen-bond acceptors (Lipinski definition) is 6. The molecule has 0 bridgehead atoms. The Hall–Kier alpha value is -0.690. The number of aliphatic hydroxyl groups excluding tert-OH is 1. The SMILES string of the molecule is CSc1ncc(CN(C)C[C@@H]2CCCN(CCO)C2)cn1. The maximum atomic E-state index is 9.06. The fraction of sp³-hybridized carbons (Fsp3) is 0.733. The molecule has 118 valence electrons. The zero-order valence-corrected chi connectivity index (χ0v) is 13.8. The maximum absolute atomic E-state index is 9.06. The van der Waals surface area contributed by atoms with Crippen molar-refractivity contribution in [2.45, 2.75) is 24.5 Å². The molecule has 0 unspecified atom stereocenters. The van der Waals surface area contributed by atoms with Gasteiger partial charge in [0.05, 0.1) is 6.61 Å². The minimum absolute atomic E-state index is 0.266. The van der Waals surface area contributed by atoms with Gasteiger partial charge in [-0.2, -0.15) is 0 Å². The van der Waals surface area contributed by atoms with Crippen LogP contribution in [0.2, 0.25) is 0 Å². The first kappa shape index (κ1) is 16.7. The first-order chi connectivity index (χ1) is 10.2. The van der Waals surface area contributed by atoms with Crippen molar-refractivity contribution < 1.29 is 5.11 Å². The number of aromatic nitrogens is 2. The number of hydrogen-bond donors (Lipinski definition) is 1. The number of piperidine rings is 1. The largest absolute Gasteiger partial charge is 0.395 e. The number of β-amino-alcohol motifs (C(OH)–C–C–N with tert-alkyl or cyclic N) is 1. The first-order valence-corrected chi connectivity index (χ1v) is 8.80. The zero-order valence-electron chi connectivity index (χ0n) is 13.0. The molecule has 6 heteroatoms. The van der Waals surface area contributed by atoms with Crippen LogP contribution in [0.4, 0.5) is 0 Å². The Bertz CT molecular complexity index is 413. The van der Waals surface area contributed by atoms with Crippen molar-refractivity contribution in [1.82, 2.24) is 19.8 Å². The van der Waals surface area contributed by atoms with Crippen LogP contribution >= 0.6 is 11.8 Å². The summed E-state index contributed by atoms with van der Waals surface area (Å²) >= 11 is 1.57. The normalized spacial score (nSPS) is 20.1. The van der Waals surface area contributed by atoms with Gasteiger partial charge in [0.25, 0.3) is 0 Å². The Morgan fingerprint density at radius 1 is 1.43 bits per heavy atom. The van der Waals surface area contributed by atoms with E-state index in [1.54, 1.807) is 11.8 Å². The summed E-state index contributed by atoms with van der Waals surface area (Å²) in [4.78, 5) is 13.4. The Kier molecular flexibility index (Phi) is 6.89. The molecule has 0 spiro atoms. The molecule has 21 heavy (non-hydrogen) atoms. The predicted octanol–water partition coefficient (Wildman–Crippen LogP) is 1.33. The summed E-state index contributed by atoms with van der Waals surface area (Å²) < 4.78 is 0. The lowest BCUT2D eigenvalue weighted by molar-refractivity contribution is 0.119. The van der Waals surface area contributed by atoms with Crippen molar-refractivity contribution in [3.63, 3.8) is 0 Å². The average Bonchev–Trinajstić information content (AvgIpc) is 2.48. The van der Waals surface area contributed by atoms with Crippen molar-refractivity contribution in [3.05, 3.63) is 18.0 Å². The van der Waals surface area contributed by atoms with Crippen LogP contribution in [0.15, 0.2) is 17.6 Å². The topological polar surface area (TPSA) is 52.5 Å². The van der Waals surface area contributed by atoms with Crippen LogP contribution in [0.5, 0.6) is 0 Å². The lowest BCUT2D eigenvalue weighted by Gasteiger charge is -2.34. The van der Waals surface area contributed by atoms with Gasteiger partial charge in [-0.15, -0.1) is 0 Å². The van der Waals surface area contributed by atoms with Gasteiger partial charge in [0.1, 0.15) is 0 Å². The zero-order chi connectivity index (χ0) is 15.1. The molecule has 0 amide bonds. The molecule has 1 atom stereocenters. The van der Waals surface area contributed by atoms with E-state index in [2.05, 4.69) is 26.8 Å². The Morgan fingerprint density at radius 3 is 2.86 bits per heavy atom. The fourth-order valence-electron chi connectivity index (χ4n) is 2.99. The molecule has 1 N–H and O–H groups in total. The molecule has 5 nitrogen and oxygen atoms in total. The molecule has 2 rings (SSSR count). The van der Waals surface area contributed by atoms with Crippen molar-refractivity contribution in [3.8, 4) is 0 Å². The summed E-state index contributed by atoms with van der Waals surface area (Å²) in [6.45, 7) is 5.29. The van der Waals surface area contributed by atoms with Gasteiger partial charge >= 0.3 is 0 Å². The van der Waals surface area contributed by atoms with Crippen LogP contribution in [0.25, 0.3) is 0 Å². The molecule has 1 aliphatic heterocycles. The summed E-state index contributed by atoms with van der Waals surface area (Å²) in [6, 6.07) is 0. The van der Waals surface area contributed by atoms with Crippen LogP contribution in [-0.4, -0.2) is 71.0 Å². The van der Waals surface area contributed by atoms with E-state index >= 15 is 0 Å². The van der Waals surface area contributed by atoms with Crippen LogP contribution in [0.3, 0.4) is 0 Å². The highest BCUT2D eigenvalue weighted by Crippen LogP contribution is 2.18. The predicted molar refractivity (Wildman–Crippen MR) is 86.4 cm³/mol. The van der Waals surface area contributed by atoms with Crippen LogP contribution in [0, 0.1) is 5.92 Å². The minimum Gasteiger partial charge on any atom is -0.395 e. The standard InChI is InChI=1S/C15H26N4OS/c1-18(11-14-8-16-15(21-2)17-9-14)10-13-4-3-5-19(12-13)6-7-20/h8-9,13,20H,3-7,10-12H2,1-2H3/t13-/m0/s1. The molecule has 1 fully saturated rings. The number of rotatable bonds is 7. The average molecular weight is 310 g/mol. The van der Waals surface area contributed by atoms with Crippen LogP contribution < -0.4 is 0 Å². The monoisotopic (exact) mass is 310 g/mol. The molecule has 0 saturated carbocycles. The van der Waals surface area contributed by atoms with E-state index < -0.39 is 0 Å². The summed E-state index contributed by atoms with van der Waals surface area (Å²) in [7, 11) is 2.16. The third-order valence-corrected chi connectivity index (χ3v) is 4.48. The van der Waals surface area contributed by atoms with Gasteiger partial charge in [0, 0.05) is 44.1 Å². The molecular weight excluding hydrogens is 284 g/mol. The lowest BCUT2D eigenvalue weighted by atomic mass is 9.97. The van der Waals surface area contributed by atoms with Gasteiger partial charge in [-0.25, -0.2) is 9.97 Å². The molecule has 2 heterocycles. The van der Waals surface area contributed by atoms with Gasteiger partial charge in [-0.05, 0) is 38.6 Å². The van der Waals surface area contributed by atoms with E-state index in [4.69, 9.17) is 5.11 Å². The van der Waals surface area contributed by atoms with E-state index in [9.17, 15) is 0 Å². The van der Waals surface area contributed by atoms with E-state index in [1.165, 1.54) is 18.4 Å². The van der Waals surface area contributed by atoms with E-state index in [1.807, 2.05) is 18.6 Å². The van der Waals surface area contributed by atoms with Gasteiger partial charge in [-0.1, -0.05) is 11.8 Å². The first-order valence-electron chi connectivity index (χ1n) is 7.58. The molecule has 0 radical (unpaired) electrons. The Balaban J connectivity index is 1.78. The molecule has 1 saturated heterocycles. The van der Waals surface area contributed by atoms with Crippen molar-refractivity contribution >= 4 is 11.8 Å². The van der Waals surface area contributed by atoms with E-state index in [0.29, 0.717) is 5.92 Å². The molecular formula is C15H26N4OS. The summed E-state index contributed by atoms with van der Waals surface area (Å²) in [5, 5.41) is 9.88. The third-order valence-electron chi connectivity index (χ3n) is 3.91. The molecule has 1 aromatic rings. The van der Waals surface area contributed by atoms with E-state index in [0.717, 1.165) is 37.9 Å². The molecule has 1 aromatic heterocycles. The quantitative estimate of drug-likeness (QED) is 0.606. The van der Waals surface area contributed by atoms with Gasteiger partial charge < -0.3 is 14.9 Å². The van der Waals surface area contributed by atoms with Gasteiger partial charge in [0.2, 0.25) is 0 Å². The van der Waals surface area contributed by atoms with Gasteiger partial charge in [-0.3, -0.25) is 0 Å². The number of nitrogens with zero attached hydrogens (tertiary/aromatic N) is 4. The fourth-order valence-corrected chi connectivity index (χ4v) is 3.31. The van der Waals surface area contributed by atoms with Crippen LogP contribution in [0.1, 0.15) is 18.4 Å². The van der Waals surface area contributed by atoms with Gasteiger partial charge in [0.15, 0.2) is 5.16 Å². The molecule has 0 aromatic carbocycles. The Morgan fingerprint density at radius 2 is 2.19 bits per heavy atom. The number of thioether (sulfide) groups is 1. The van der Waals surface area contributed by atoms with Crippen LogP contribution in [-0.2, 0) is 6.54 Å². The third kappa shape index (κ3) is 5.54.